The lowest BCUT2D eigenvalue weighted by Crippen LogP contribution is -2.45. The van der Waals surface area contributed by atoms with Gasteiger partial charge in [-0.1, -0.05) is 26.0 Å². The average Bonchev–Trinajstić information content (AvgIpc) is 2.37. The first-order valence-corrected chi connectivity index (χ1v) is 7.22. The molecule has 0 spiro atoms. The van der Waals surface area contributed by atoms with Crippen molar-refractivity contribution in [2.24, 2.45) is 17.6 Å². The summed E-state index contributed by atoms with van der Waals surface area (Å²) in [5.41, 5.74) is 7.17. The molecule has 19 heavy (non-hydrogen) atoms. The largest absolute Gasteiger partial charge is 0.326 e. The fourth-order valence-corrected chi connectivity index (χ4v) is 3.11. The highest BCUT2D eigenvalue weighted by Crippen LogP contribution is 2.28. The zero-order valence-electron chi connectivity index (χ0n) is 12.2. The SMILES string of the molecule is CC1CC(C)C(C)N(Cc2ccc(CN)cc2F)C1. The molecule has 2 N–H and O–H groups in total. The van der Waals surface area contributed by atoms with Crippen molar-refractivity contribution in [2.75, 3.05) is 6.54 Å². The second kappa shape index (κ2) is 6.02. The van der Waals surface area contributed by atoms with Crippen LogP contribution in [0, 0.1) is 17.7 Å². The molecule has 0 aliphatic carbocycles. The predicted octanol–water partition coefficient (Wildman–Crippen LogP) is 3.15. The number of hydrogen-bond acceptors (Lipinski definition) is 2. The summed E-state index contributed by atoms with van der Waals surface area (Å²) in [5, 5.41) is 0. The van der Waals surface area contributed by atoms with Crippen LogP contribution in [0.5, 0.6) is 0 Å². The number of nitrogens with zero attached hydrogens (tertiary/aromatic N) is 1. The Bertz CT molecular complexity index is 433. The smallest absolute Gasteiger partial charge is 0.128 e. The number of nitrogens with two attached hydrogens (primary N) is 1. The van der Waals surface area contributed by atoms with Crippen LogP contribution >= 0.6 is 0 Å². The van der Waals surface area contributed by atoms with Crippen LogP contribution < -0.4 is 5.73 Å². The zero-order chi connectivity index (χ0) is 14.0. The molecule has 1 aliphatic rings. The van der Waals surface area contributed by atoms with E-state index in [1.807, 2.05) is 12.1 Å². The van der Waals surface area contributed by atoms with E-state index in [0.29, 0.717) is 31.0 Å². The molecule has 2 nitrogen and oxygen atoms in total. The third-order valence-corrected chi connectivity index (χ3v) is 4.45. The summed E-state index contributed by atoms with van der Waals surface area (Å²) in [6.45, 7) is 8.98. The third-order valence-electron chi connectivity index (χ3n) is 4.45. The molecule has 0 aromatic heterocycles. The molecule has 1 fully saturated rings. The molecular formula is C16H25FN2. The van der Waals surface area contributed by atoms with Crippen molar-refractivity contribution in [3.05, 3.63) is 35.1 Å². The number of benzene rings is 1. The van der Waals surface area contributed by atoms with Crippen molar-refractivity contribution < 1.29 is 4.39 Å². The Labute approximate surface area is 115 Å². The van der Waals surface area contributed by atoms with Gasteiger partial charge in [0, 0.05) is 31.2 Å². The second-order valence-corrected chi connectivity index (χ2v) is 6.12. The Morgan fingerprint density at radius 1 is 1.32 bits per heavy atom. The lowest BCUT2D eigenvalue weighted by atomic mass is 9.85. The Kier molecular flexibility index (Phi) is 4.58. The van der Waals surface area contributed by atoms with Gasteiger partial charge in [-0.05, 0) is 36.8 Å². The quantitative estimate of drug-likeness (QED) is 0.908. The summed E-state index contributed by atoms with van der Waals surface area (Å²) in [4.78, 5) is 2.40. The monoisotopic (exact) mass is 264 g/mol. The van der Waals surface area contributed by atoms with E-state index in [2.05, 4.69) is 25.7 Å². The zero-order valence-corrected chi connectivity index (χ0v) is 12.2. The molecule has 1 aliphatic heterocycles. The van der Waals surface area contributed by atoms with Crippen molar-refractivity contribution in [2.45, 2.75) is 46.3 Å². The molecule has 0 bridgehead atoms. The summed E-state index contributed by atoms with van der Waals surface area (Å²) in [6, 6.07) is 5.90. The van der Waals surface area contributed by atoms with Crippen molar-refractivity contribution in [3.63, 3.8) is 0 Å². The molecule has 0 saturated carbocycles. The van der Waals surface area contributed by atoms with E-state index < -0.39 is 0 Å². The molecule has 106 valence electrons. The molecule has 1 aromatic carbocycles. The highest BCUT2D eigenvalue weighted by molar-refractivity contribution is 5.24. The molecule has 1 aromatic rings. The minimum absolute atomic E-state index is 0.124. The fraction of sp³-hybridized carbons (Fsp3) is 0.625. The van der Waals surface area contributed by atoms with Gasteiger partial charge in [-0.25, -0.2) is 4.39 Å². The van der Waals surface area contributed by atoms with E-state index in [4.69, 9.17) is 5.73 Å². The molecule has 2 rings (SSSR count). The van der Waals surface area contributed by atoms with Crippen LogP contribution in [0.1, 0.15) is 38.3 Å². The summed E-state index contributed by atoms with van der Waals surface area (Å²) in [6.07, 6.45) is 1.27. The van der Waals surface area contributed by atoms with E-state index in [0.717, 1.165) is 17.7 Å². The maximum Gasteiger partial charge on any atom is 0.128 e. The molecule has 3 atom stereocenters. The first kappa shape index (κ1) is 14.5. The second-order valence-electron chi connectivity index (χ2n) is 6.12. The highest BCUT2D eigenvalue weighted by Gasteiger charge is 2.28. The number of rotatable bonds is 3. The molecule has 3 heteroatoms. The number of piperidine rings is 1. The van der Waals surface area contributed by atoms with Gasteiger partial charge in [0.25, 0.3) is 0 Å². The standard InChI is InChI=1S/C16H25FN2/c1-11-6-12(2)13(3)19(9-11)10-15-5-4-14(8-18)7-16(15)17/h4-5,7,11-13H,6,8-10,18H2,1-3H3. The van der Waals surface area contributed by atoms with Gasteiger partial charge in [-0.15, -0.1) is 0 Å². The number of likely N-dealkylation sites (tertiary alicyclic amines) is 1. The van der Waals surface area contributed by atoms with E-state index in [1.54, 1.807) is 6.07 Å². The average molecular weight is 264 g/mol. The lowest BCUT2D eigenvalue weighted by molar-refractivity contribution is 0.0720. The Balaban J connectivity index is 2.11. The fourth-order valence-electron chi connectivity index (χ4n) is 3.11. The summed E-state index contributed by atoms with van der Waals surface area (Å²) < 4.78 is 14.0. The van der Waals surface area contributed by atoms with Crippen LogP contribution in [0.2, 0.25) is 0 Å². The Morgan fingerprint density at radius 2 is 2.05 bits per heavy atom. The van der Waals surface area contributed by atoms with Gasteiger partial charge in [0.1, 0.15) is 5.82 Å². The van der Waals surface area contributed by atoms with Gasteiger partial charge in [0.15, 0.2) is 0 Å². The van der Waals surface area contributed by atoms with Crippen LogP contribution in [0.4, 0.5) is 4.39 Å². The molecule has 1 saturated heterocycles. The number of hydrogen-bond donors (Lipinski definition) is 1. The van der Waals surface area contributed by atoms with Crippen molar-refractivity contribution >= 4 is 0 Å². The molecule has 1 heterocycles. The normalized spacial score (nSPS) is 28.6. The van der Waals surface area contributed by atoms with Gasteiger partial charge >= 0.3 is 0 Å². The first-order chi connectivity index (χ1) is 9.01. The van der Waals surface area contributed by atoms with Gasteiger partial charge in [0.2, 0.25) is 0 Å². The minimum atomic E-state index is -0.124. The Morgan fingerprint density at radius 3 is 2.68 bits per heavy atom. The van der Waals surface area contributed by atoms with Crippen molar-refractivity contribution in [1.29, 1.82) is 0 Å². The van der Waals surface area contributed by atoms with E-state index in [1.165, 1.54) is 6.42 Å². The van der Waals surface area contributed by atoms with Crippen molar-refractivity contribution in [1.82, 2.24) is 4.90 Å². The van der Waals surface area contributed by atoms with E-state index in [-0.39, 0.29) is 5.82 Å². The topological polar surface area (TPSA) is 29.3 Å². The maximum atomic E-state index is 14.0. The van der Waals surface area contributed by atoms with Gasteiger partial charge in [-0.3, -0.25) is 4.90 Å². The summed E-state index contributed by atoms with van der Waals surface area (Å²) in [7, 11) is 0. The summed E-state index contributed by atoms with van der Waals surface area (Å²) >= 11 is 0. The maximum absolute atomic E-state index is 14.0. The molecule has 0 amide bonds. The van der Waals surface area contributed by atoms with Crippen LogP contribution in [0.3, 0.4) is 0 Å². The van der Waals surface area contributed by atoms with Gasteiger partial charge in [0.05, 0.1) is 0 Å². The van der Waals surface area contributed by atoms with E-state index >= 15 is 0 Å². The third kappa shape index (κ3) is 3.34. The summed E-state index contributed by atoms with van der Waals surface area (Å²) in [5.74, 6) is 1.24. The minimum Gasteiger partial charge on any atom is -0.326 e. The number of halogens is 1. The Hall–Kier alpha value is -0.930. The predicted molar refractivity (Wildman–Crippen MR) is 77.1 cm³/mol. The van der Waals surface area contributed by atoms with Crippen LogP contribution in [0.15, 0.2) is 18.2 Å². The van der Waals surface area contributed by atoms with Crippen LogP contribution in [0.25, 0.3) is 0 Å². The first-order valence-electron chi connectivity index (χ1n) is 7.22. The van der Waals surface area contributed by atoms with Gasteiger partial charge in [-0.2, -0.15) is 0 Å². The molecule has 3 unspecified atom stereocenters. The highest BCUT2D eigenvalue weighted by atomic mass is 19.1. The van der Waals surface area contributed by atoms with Crippen molar-refractivity contribution in [3.8, 4) is 0 Å². The molecule has 0 radical (unpaired) electrons. The molecular weight excluding hydrogens is 239 g/mol. The lowest BCUT2D eigenvalue weighted by Gasteiger charge is -2.41. The van der Waals surface area contributed by atoms with Gasteiger partial charge < -0.3 is 5.73 Å². The van der Waals surface area contributed by atoms with Crippen LogP contribution in [-0.2, 0) is 13.1 Å². The van der Waals surface area contributed by atoms with E-state index in [9.17, 15) is 4.39 Å². The van der Waals surface area contributed by atoms with Crippen LogP contribution in [-0.4, -0.2) is 17.5 Å².